The molecule has 0 saturated carbocycles. The van der Waals surface area contributed by atoms with Crippen molar-refractivity contribution in [2.24, 2.45) is 5.92 Å². The lowest BCUT2D eigenvalue weighted by atomic mass is 10.00. The Morgan fingerprint density at radius 1 is 0.536 bits per heavy atom. The predicted octanol–water partition coefficient (Wildman–Crippen LogP) is 3.84. The number of hydrogen-bond donors (Lipinski definition) is 1. The molecule has 1 atom stereocenters. The normalized spacial score (nSPS) is 12.5. The molecule has 170 valence electrons. The van der Waals surface area contributed by atoms with Crippen LogP contribution in [0.1, 0.15) is 65.2 Å². The van der Waals surface area contributed by atoms with Crippen LogP contribution in [-0.2, 0) is 23.7 Å². The van der Waals surface area contributed by atoms with E-state index in [2.05, 4.69) is 13.8 Å². The fraction of sp³-hybridized carbons (Fsp3) is 1.00. The van der Waals surface area contributed by atoms with Crippen LogP contribution in [0, 0.1) is 5.92 Å². The molecule has 0 spiro atoms. The highest BCUT2D eigenvalue weighted by Crippen LogP contribution is 2.14. The quantitative estimate of drug-likeness (QED) is 0.246. The Hall–Kier alpha value is -0.240. The largest absolute Gasteiger partial charge is 0.394 e. The van der Waals surface area contributed by atoms with Gasteiger partial charge in [0.2, 0.25) is 0 Å². The molecule has 0 aromatic rings. The van der Waals surface area contributed by atoms with Gasteiger partial charge in [0.15, 0.2) is 0 Å². The third-order valence-electron chi connectivity index (χ3n) is 4.66. The molecule has 0 saturated heterocycles. The van der Waals surface area contributed by atoms with Crippen LogP contribution in [0.2, 0.25) is 0 Å². The maximum absolute atomic E-state index is 8.54. The summed E-state index contributed by atoms with van der Waals surface area (Å²) < 4.78 is 26.9. The van der Waals surface area contributed by atoms with Crippen molar-refractivity contribution in [3.63, 3.8) is 0 Å². The second-order valence-electron chi connectivity index (χ2n) is 7.21. The molecule has 0 fully saturated rings. The molecular weight excluding hydrogens is 360 g/mol. The lowest BCUT2D eigenvalue weighted by Gasteiger charge is -2.08. The van der Waals surface area contributed by atoms with Gasteiger partial charge in [0.25, 0.3) is 0 Å². The molecule has 0 aliphatic carbocycles. The monoisotopic (exact) mass is 406 g/mol. The molecular formula is C22H46O6. The number of ether oxygens (including phenoxy) is 5. The van der Waals surface area contributed by atoms with Crippen molar-refractivity contribution in [2.75, 3.05) is 72.7 Å². The van der Waals surface area contributed by atoms with Crippen molar-refractivity contribution in [3.8, 4) is 0 Å². The van der Waals surface area contributed by atoms with E-state index in [0.29, 0.717) is 59.5 Å². The van der Waals surface area contributed by atoms with Gasteiger partial charge in [-0.3, -0.25) is 0 Å². The molecule has 0 aromatic heterocycles. The summed E-state index contributed by atoms with van der Waals surface area (Å²) in [6.07, 6.45) is 10.6. The SMILES string of the molecule is CCC(C)CCCCCCCCOCCOCCOCCOCCOCCO. The highest BCUT2D eigenvalue weighted by Gasteiger charge is 1.98. The number of hydrogen-bond acceptors (Lipinski definition) is 6. The fourth-order valence-corrected chi connectivity index (χ4v) is 2.65. The van der Waals surface area contributed by atoms with Gasteiger partial charge in [-0.25, -0.2) is 0 Å². The first-order valence-corrected chi connectivity index (χ1v) is 11.3. The van der Waals surface area contributed by atoms with Gasteiger partial charge in [0.05, 0.1) is 66.1 Å². The van der Waals surface area contributed by atoms with E-state index in [4.69, 9.17) is 28.8 Å². The Balaban J connectivity index is 3.00. The van der Waals surface area contributed by atoms with Crippen LogP contribution < -0.4 is 0 Å². The van der Waals surface area contributed by atoms with Crippen molar-refractivity contribution >= 4 is 0 Å². The topological polar surface area (TPSA) is 66.4 Å². The summed E-state index contributed by atoms with van der Waals surface area (Å²) >= 11 is 0. The Morgan fingerprint density at radius 2 is 0.929 bits per heavy atom. The summed E-state index contributed by atoms with van der Waals surface area (Å²) in [5, 5.41) is 8.54. The highest BCUT2D eigenvalue weighted by molar-refractivity contribution is 4.51. The molecule has 28 heavy (non-hydrogen) atoms. The number of unbranched alkanes of at least 4 members (excludes halogenated alkanes) is 5. The average Bonchev–Trinajstić information content (AvgIpc) is 2.71. The van der Waals surface area contributed by atoms with E-state index >= 15 is 0 Å². The molecule has 1 unspecified atom stereocenters. The van der Waals surface area contributed by atoms with Crippen LogP contribution in [0.15, 0.2) is 0 Å². The molecule has 0 amide bonds. The van der Waals surface area contributed by atoms with Crippen LogP contribution in [0.25, 0.3) is 0 Å². The van der Waals surface area contributed by atoms with Crippen LogP contribution >= 0.6 is 0 Å². The average molecular weight is 407 g/mol. The third kappa shape index (κ3) is 23.8. The first kappa shape index (κ1) is 27.8. The van der Waals surface area contributed by atoms with E-state index in [1.165, 1.54) is 44.9 Å². The van der Waals surface area contributed by atoms with Gasteiger partial charge in [-0.1, -0.05) is 58.8 Å². The van der Waals surface area contributed by atoms with Crippen molar-refractivity contribution in [1.82, 2.24) is 0 Å². The maximum Gasteiger partial charge on any atom is 0.0701 e. The molecule has 0 aliphatic heterocycles. The van der Waals surface area contributed by atoms with Crippen LogP contribution in [0.3, 0.4) is 0 Å². The lowest BCUT2D eigenvalue weighted by Crippen LogP contribution is -2.13. The van der Waals surface area contributed by atoms with Gasteiger partial charge in [-0.15, -0.1) is 0 Å². The fourth-order valence-electron chi connectivity index (χ4n) is 2.65. The van der Waals surface area contributed by atoms with Gasteiger partial charge in [0, 0.05) is 6.61 Å². The molecule has 0 radical (unpaired) electrons. The van der Waals surface area contributed by atoms with Crippen LogP contribution in [0.4, 0.5) is 0 Å². The second-order valence-corrected chi connectivity index (χ2v) is 7.21. The molecule has 0 bridgehead atoms. The Bertz CT molecular complexity index is 278. The Morgan fingerprint density at radius 3 is 1.39 bits per heavy atom. The van der Waals surface area contributed by atoms with Crippen molar-refractivity contribution < 1.29 is 28.8 Å². The summed E-state index contributed by atoms with van der Waals surface area (Å²) in [6, 6.07) is 0. The van der Waals surface area contributed by atoms with E-state index in [-0.39, 0.29) is 6.61 Å². The zero-order chi connectivity index (χ0) is 20.5. The first-order chi connectivity index (χ1) is 13.8. The zero-order valence-corrected chi connectivity index (χ0v) is 18.5. The molecule has 0 heterocycles. The highest BCUT2D eigenvalue weighted by atomic mass is 16.6. The van der Waals surface area contributed by atoms with Crippen LogP contribution in [-0.4, -0.2) is 77.8 Å². The Kier molecular flexibility index (Phi) is 24.6. The smallest absolute Gasteiger partial charge is 0.0701 e. The summed E-state index contributed by atoms with van der Waals surface area (Å²) in [4.78, 5) is 0. The van der Waals surface area contributed by atoms with Gasteiger partial charge in [-0.05, 0) is 12.3 Å². The minimum absolute atomic E-state index is 0.0485. The van der Waals surface area contributed by atoms with E-state index in [1.807, 2.05) is 0 Å². The molecule has 0 aliphatic rings. The molecule has 6 heteroatoms. The van der Waals surface area contributed by atoms with Crippen LogP contribution in [0.5, 0.6) is 0 Å². The number of aliphatic hydroxyl groups excluding tert-OH is 1. The molecule has 6 nitrogen and oxygen atoms in total. The van der Waals surface area contributed by atoms with Crippen molar-refractivity contribution in [1.29, 1.82) is 0 Å². The van der Waals surface area contributed by atoms with Crippen molar-refractivity contribution in [3.05, 3.63) is 0 Å². The van der Waals surface area contributed by atoms with Gasteiger partial charge < -0.3 is 28.8 Å². The molecule has 0 aromatic carbocycles. The van der Waals surface area contributed by atoms with E-state index in [0.717, 1.165) is 18.9 Å². The first-order valence-electron chi connectivity index (χ1n) is 11.3. The number of aliphatic hydroxyl groups is 1. The van der Waals surface area contributed by atoms with Gasteiger partial charge >= 0.3 is 0 Å². The molecule has 0 rings (SSSR count). The predicted molar refractivity (Wildman–Crippen MR) is 113 cm³/mol. The molecule has 1 N–H and O–H groups in total. The standard InChI is InChI=1S/C22H46O6/c1-3-22(2)10-8-6-4-5-7-9-12-24-14-16-26-18-20-28-21-19-27-17-15-25-13-11-23/h22-23H,3-21H2,1-2H3. The van der Waals surface area contributed by atoms with Gasteiger partial charge in [-0.2, -0.15) is 0 Å². The minimum Gasteiger partial charge on any atom is -0.394 e. The van der Waals surface area contributed by atoms with E-state index in [1.54, 1.807) is 0 Å². The second kappa shape index (κ2) is 24.8. The third-order valence-corrected chi connectivity index (χ3v) is 4.66. The summed E-state index contributed by atoms with van der Waals surface area (Å²) in [5.41, 5.74) is 0. The Labute approximate surface area is 173 Å². The van der Waals surface area contributed by atoms with Crippen molar-refractivity contribution in [2.45, 2.75) is 65.2 Å². The van der Waals surface area contributed by atoms with E-state index < -0.39 is 0 Å². The summed E-state index contributed by atoms with van der Waals surface area (Å²) in [6.45, 7) is 10.4. The minimum atomic E-state index is 0.0485. The van der Waals surface area contributed by atoms with E-state index in [9.17, 15) is 0 Å². The summed E-state index contributed by atoms with van der Waals surface area (Å²) in [5.74, 6) is 0.893. The zero-order valence-electron chi connectivity index (χ0n) is 18.5. The number of rotatable bonds is 24. The van der Waals surface area contributed by atoms with Gasteiger partial charge in [0.1, 0.15) is 0 Å². The summed E-state index contributed by atoms with van der Waals surface area (Å²) in [7, 11) is 0. The lowest BCUT2D eigenvalue weighted by molar-refractivity contribution is -0.0134. The maximum atomic E-state index is 8.54.